The predicted octanol–water partition coefficient (Wildman–Crippen LogP) is 1.06. The molecule has 0 bridgehead atoms. The average Bonchev–Trinajstić information content (AvgIpc) is 2.70. The highest BCUT2D eigenvalue weighted by atomic mass is 16.2. The Bertz CT molecular complexity index is 624. The molecule has 1 heterocycles. The van der Waals surface area contributed by atoms with Crippen molar-refractivity contribution < 1.29 is 14.4 Å². The highest BCUT2D eigenvalue weighted by molar-refractivity contribution is 6.09. The molecule has 1 aromatic rings. The van der Waals surface area contributed by atoms with Crippen molar-refractivity contribution in [1.29, 1.82) is 0 Å². The van der Waals surface area contributed by atoms with Crippen LogP contribution in [-0.2, 0) is 15.1 Å². The van der Waals surface area contributed by atoms with E-state index in [1.54, 1.807) is 19.1 Å². The van der Waals surface area contributed by atoms with Gasteiger partial charge in [-0.2, -0.15) is 0 Å². The van der Waals surface area contributed by atoms with Gasteiger partial charge >= 0.3 is 6.03 Å². The fraction of sp³-hybridized carbons (Fsp3) is 0.312. The van der Waals surface area contributed by atoms with E-state index in [4.69, 9.17) is 0 Å². The molecular weight excluding hydrogens is 282 g/mol. The van der Waals surface area contributed by atoms with Crippen LogP contribution in [0.25, 0.3) is 0 Å². The second-order valence-corrected chi connectivity index (χ2v) is 5.41. The summed E-state index contributed by atoms with van der Waals surface area (Å²) in [5, 5.41) is 5.21. The SMILES string of the molecule is C=CCNC(=O)CN1C(=O)NC(C)(c2ccc(C)cc2)C1=O. The first-order valence-corrected chi connectivity index (χ1v) is 6.97. The van der Waals surface area contributed by atoms with Crippen LogP contribution < -0.4 is 10.6 Å². The van der Waals surface area contributed by atoms with E-state index >= 15 is 0 Å². The van der Waals surface area contributed by atoms with Crippen molar-refractivity contribution in [2.24, 2.45) is 0 Å². The summed E-state index contributed by atoms with van der Waals surface area (Å²) in [5.74, 6) is -0.841. The first-order chi connectivity index (χ1) is 10.4. The Morgan fingerprint density at radius 1 is 1.36 bits per heavy atom. The molecule has 22 heavy (non-hydrogen) atoms. The summed E-state index contributed by atoms with van der Waals surface area (Å²) in [7, 11) is 0. The van der Waals surface area contributed by atoms with Gasteiger partial charge in [0.25, 0.3) is 5.91 Å². The fourth-order valence-corrected chi connectivity index (χ4v) is 2.31. The first-order valence-electron chi connectivity index (χ1n) is 6.97. The molecule has 2 N–H and O–H groups in total. The molecule has 6 nitrogen and oxygen atoms in total. The molecule has 6 heteroatoms. The molecule has 1 aromatic carbocycles. The van der Waals surface area contributed by atoms with Crippen LogP contribution in [0.15, 0.2) is 36.9 Å². The van der Waals surface area contributed by atoms with Gasteiger partial charge in [-0.05, 0) is 19.4 Å². The van der Waals surface area contributed by atoms with Gasteiger partial charge in [0.15, 0.2) is 0 Å². The van der Waals surface area contributed by atoms with Crippen molar-refractivity contribution in [3.05, 3.63) is 48.0 Å². The van der Waals surface area contributed by atoms with Gasteiger partial charge < -0.3 is 10.6 Å². The first kappa shape index (κ1) is 15.8. The number of hydrogen-bond donors (Lipinski definition) is 2. The zero-order valence-electron chi connectivity index (χ0n) is 12.7. The Kier molecular flexibility index (Phi) is 4.30. The normalized spacial score (nSPS) is 20.7. The number of benzene rings is 1. The fourth-order valence-electron chi connectivity index (χ4n) is 2.31. The summed E-state index contributed by atoms with van der Waals surface area (Å²) >= 11 is 0. The maximum Gasteiger partial charge on any atom is 0.325 e. The number of imide groups is 1. The van der Waals surface area contributed by atoms with E-state index in [1.807, 2.05) is 19.1 Å². The van der Waals surface area contributed by atoms with E-state index < -0.39 is 23.4 Å². The standard InChI is InChI=1S/C16H19N3O3/c1-4-9-17-13(20)10-19-14(21)16(3,18-15(19)22)12-7-5-11(2)6-8-12/h4-8H,1,9-10H2,2-3H3,(H,17,20)(H,18,22). The number of aryl methyl sites for hydroxylation is 1. The Labute approximate surface area is 129 Å². The Morgan fingerprint density at radius 2 is 2.00 bits per heavy atom. The average molecular weight is 301 g/mol. The molecule has 2 rings (SSSR count). The molecule has 1 fully saturated rings. The van der Waals surface area contributed by atoms with Gasteiger partial charge in [0.2, 0.25) is 5.91 Å². The zero-order chi connectivity index (χ0) is 16.3. The van der Waals surface area contributed by atoms with E-state index in [0.29, 0.717) is 5.56 Å². The summed E-state index contributed by atoms with van der Waals surface area (Å²) in [6.07, 6.45) is 1.53. The number of urea groups is 1. The van der Waals surface area contributed by atoms with E-state index in [2.05, 4.69) is 17.2 Å². The number of nitrogens with zero attached hydrogens (tertiary/aromatic N) is 1. The molecule has 1 aliphatic heterocycles. The van der Waals surface area contributed by atoms with Crippen LogP contribution in [0.3, 0.4) is 0 Å². The van der Waals surface area contributed by atoms with E-state index in [9.17, 15) is 14.4 Å². The number of carbonyl (C=O) groups excluding carboxylic acids is 3. The Morgan fingerprint density at radius 3 is 2.59 bits per heavy atom. The lowest BCUT2D eigenvalue weighted by atomic mass is 9.91. The number of rotatable bonds is 5. The highest BCUT2D eigenvalue weighted by Crippen LogP contribution is 2.28. The maximum atomic E-state index is 12.6. The van der Waals surface area contributed by atoms with Crippen molar-refractivity contribution in [2.45, 2.75) is 19.4 Å². The molecule has 0 spiro atoms. The van der Waals surface area contributed by atoms with Gasteiger partial charge in [-0.1, -0.05) is 35.9 Å². The van der Waals surface area contributed by atoms with Gasteiger partial charge in [0.1, 0.15) is 12.1 Å². The third-order valence-corrected chi connectivity index (χ3v) is 3.65. The van der Waals surface area contributed by atoms with Crippen LogP contribution in [0, 0.1) is 6.92 Å². The topological polar surface area (TPSA) is 78.5 Å². The van der Waals surface area contributed by atoms with Crippen LogP contribution in [0.1, 0.15) is 18.1 Å². The van der Waals surface area contributed by atoms with Gasteiger partial charge in [-0.15, -0.1) is 6.58 Å². The maximum absolute atomic E-state index is 12.6. The lowest BCUT2D eigenvalue weighted by Crippen LogP contribution is -2.43. The largest absolute Gasteiger partial charge is 0.351 e. The smallest absolute Gasteiger partial charge is 0.325 e. The minimum atomic E-state index is -1.15. The van der Waals surface area contributed by atoms with E-state index in [1.165, 1.54) is 6.08 Å². The number of amides is 4. The molecule has 1 atom stereocenters. The third kappa shape index (κ3) is 2.86. The monoisotopic (exact) mass is 301 g/mol. The summed E-state index contributed by atoms with van der Waals surface area (Å²) in [6.45, 7) is 7.05. The third-order valence-electron chi connectivity index (χ3n) is 3.65. The second kappa shape index (κ2) is 6.01. The zero-order valence-corrected chi connectivity index (χ0v) is 12.7. The quantitative estimate of drug-likeness (QED) is 0.630. The molecule has 1 saturated heterocycles. The minimum absolute atomic E-state index is 0.289. The second-order valence-electron chi connectivity index (χ2n) is 5.41. The van der Waals surface area contributed by atoms with Gasteiger partial charge in [0, 0.05) is 6.54 Å². The van der Waals surface area contributed by atoms with Gasteiger partial charge in [0.05, 0.1) is 0 Å². The van der Waals surface area contributed by atoms with Crippen molar-refractivity contribution >= 4 is 17.8 Å². The summed E-state index contributed by atoms with van der Waals surface area (Å²) < 4.78 is 0. The van der Waals surface area contributed by atoms with Gasteiger partial charge in [-0.25, -0.2) is 4.79 Å². The van der Waals surface area contributed by atoms with Crippen LogP contribution in [-0.4, -0.2) is 35.8 Å². The molecule has 4 amide bonds. The van der Waals surface area contributed by atoms with Crippen molar-refractivity contribution in [2.75, 3.05) is 13.1 Å². The van der Waals surface area contributed by atoms with E-state index in [0.717, 1.165) is 10.5 Å². The predicted molar refractivity (Wildman–Crippen MR) is 82.0 cm³/mol. The minimum Gasteiger partial charge on any atom is -0.351 e. The van der Waals surface area contributed by atoms with Gasteiger partial charge in [-0.3, -0.25) is 14.5 Å². The lowest BCUT2D eigenvalue weighted by molar-refractivity contribution is -0.134. The molecule has 0 saturated carbocycles. The van der Waals surface area contributed by atoms with Crippen LogP contribution in [0.5, 0.6) is 0 Å². The van der Waals surface area contributed by atoms with Crippen molar-refractivity contribution in [1.82, 2.24) is 15.5 Å². The Balaban J connectivity index is 2.18. The summed E-state index contributed by atoms with van der Waals surface area (Å²) in [5.41, 5.74) is 0.596. The van der Waals surface area contributed by atoms with Crippen LogP contribution >= 0.6 is 0 Å². The van der Waals surface area contributed by atoms with E-state index in [-0.39, 0.29) is 13.1 Å². The highest BCUT2D eigenvalue weighted by Gasteiger charge is 2.49. The molecule has 1 unspecified atom stereocenters. The van der Waals surface area contributed by atoms with Crippen molar-refractivity contribution in [3.8, 4) is 0 Å². The molecule has 0 aliphatic carbocycles. The molecular formula is C16H19N3O3. The number of carbonyl (C=O) groups is 3. The summed E-state index contributed by atoms with van der Waals surface area (Å²) in [6, 6.07) is 6.78. The number of nitrogens with one attached hydrogen (secondary N) is 2. The molecule has 0 aromatic heterocycles. The van der Waals surface area contributed by atoms with Crippen LogP contribution in [0.4, 0.5) is 4.79 Å². The van der Waals surface area contributed by atoms with Crippen molar-refractivity contribution in [3.63, 3.8) is 0 Å². The van der Waals surface area contributed by atoms with Crippen LogP contribution in [0.2, 0.25) is 0 Å². The summed E-state index contributed by atoms with van der Waals surface area (Å²) in [4.78, 5) is 37.3. The molecule has 0 radical (unpaired) electrons. The Hall–Kier alpha value is -2.63. The molecule has 116 valence electrons. The molecule has 1 aliphatic rings. The lowest BCUT2D eigenvalue weighted by Gasteiger charge is -2.22. The number of hydrogen-bond acceptors (Lipinski definition) is 3.